The van der Waals surface area contributed by atoms with Crippen molar-refractivity contribution in [3.63, 3.8) is 0 Å². The van der Waals surface area contributed by atoms with Gasteiger partial charge in [-0.05, 0) is 35.9 Å². The summed E-state index contributed by atoms with van der Waals surface area (Å²) in [7, 11) is -10.3. The second kappa shape index (κ2) is 10.2. The lowest BCUT2D eigenvalue weighted by Gasteiger charge is -2.31. The van der Waals surface area contributed by atoms with Crippen LogP contribution in [0.1, 0.15) is 27.4 Å². The van der Waals surface area contributed by atoms with Crippen molar-refractivity contribution in [3.8, 4) is 0 Å². The minimum atomic E-state index is -5.16. The molecule has 0 radical (unpaired) electrons. The molecule has 0 saturated carbocycles. The van der Waals surface area contributed by atoms with Crippen molar-refractivity contribution in [1.29, 1.82) is 0 Å². The first-order valence-electron chi connectivity index (χ1n) is 11.2. The smallest absolute Gasteiger partial charge is 0.289 e. The van der Waals surface area contributed by atoms with E-state index in [-0.39, 0.29) is 16.9 Å². The fraction of sp³-hybridized carbons (Fsp3) is 0.0690. The van der Waals surface area contributed by atoms with Crippen molar-refractivity contribution in [2.45, 2.75) is 20.0 Å². The van der Waals surface area contributed by atoms with Crippen LogP contribution >= 0.6 is 0 Å². The average Bonchev–Trinajstić information content (AvgIpc) is 2.94. The predicted octanol–water partition coefficient (Wildman–Crippen LogP) is 5.76. The number of alkyl halides is 1. The molecule has 0 amide bonds. The molecule has 4 aromatic carbocycles. The predicted molar refractivity (Wildman–Crippen MR) is 140 cm³/mol. The molecule has 4 rings (SSSR count). The third-order valence-electron chi connectivity index (χ3n) is 5.99. The normalized spacial score (nSPS) is 13.0. The summed E-state index contributed by atoms with van der Waals surface area (Å²) < 4.78 is 68.8. The van der Waals surface area contributed by atoms with E-state index < -0.39 is 39.7 Å². The number of rotatable bonds is 9. The molecule has 188 valence electrons. The number of carbonyl (C=O) groups is 1. The standard InChI is InChI=1S/C29H23FO5S2/c1-2-27(23-15-12-16-24(21-23)28(31)22-13-6-3-7-14-22)29(30,36(32,33)25-17-8-4-9-18-25)37(34,35)26-19-10-5-11-20-26/h2-21,27H,1H2. The highest BCUT2D eigenvalue weighted by Crippen LogP contribution is 2.47. The summed E-state index contributed by atoms with van der Waals surface area (Å²) in [4.78, 5) is 12.0. The maximum Gasteiger partial charge on any atom is 0.327 e. The Morgan fingerprint density at radius 1 is 0.676 bits per heavy atom. The highest BCUT2D eigenvalue weighted by Gasteiger charge is 2.62. The van der Waals surface area contributed by atoms with Gasteiger partial charge in [-0.3, -0.25) is 4.79 Å². The molecule has 8 heteroatoms. The summed E-state index contributed by atoms with van der Waals surface area (Å²) in [6.07, 6.45) is 0.951. The molecule has 0 heterocycles. The van der Waals surface area contributed by atoms with Crippen molar-refractivity contribution in [2.75, 3.05) is 0 Å². The first-order valence-corrected chi connectivity index (χ1v) is 14.2. The van der Waals surface area contributed by atoms with Crippen LogP contribution in [0, 0.1) is 0 Å². The summed E-state index contributed by atoms with van der Waals surface area (Å²) in [6, 6.07) is 27.1. The minimum absolute atomic E-state index is 0.0294. The van der Waals surface area contributed by atoms with Gasteiger partial charge in [0.25, 0.3) is 0 Å². The molecule has 0 saturated heterocycles. The van der Waals surface area contributed by atoms with E-state index in [1.54, 1.807) is 30.3 Å². The molecular formula is C29H23FO5S2. The molecule has 0 spiro atoms. The first kappa shape index (κ1) is 26.2. The molecule has 0 aromatic heterocycles. The number of hydrogen-bond acceptors (Lipinski definition) is 5. The van der Waals surface area contributed by atoms with E-state index in [0.29, 0.717) is 5.56 Å². The van der Waals surface area contributed by atoms with Gasteiger partial charge in [0.05, 0.1) is 15.7 Å². The van der Waals surface area contributed by atoms with Crippen molar-refractivity contribution >= 4 is 25.5 Å². The SMILES string of the molecule is C=CC(c1cccc(C(=O)c2ccccc2)c1)C(F)(S(=O)(=O)c1ccccc1)S(=O)(=O)c1ccccc1. The Labute approximate surface area is 215 Å². The summed E-state index contributed by atoms with van der Waals surface area (Å²) in [6.45, 7) is 3.60. The highest BCUT2D eigenvalue weighted by atomic mass is 32.3. The number of sulfone groups is 2. The van der Waals surface area contributed by atoms with Crippen LogP contribution < -0.4 is 0 Å². The van der Waals surface area contributed by atoms with Crippen LogP contribution in [0.5, 0.6) is 0 Å². The second-order valence-electron chi connectivity index (χ2n) is 8.25. The van der Waals surface area contributed by atoms with E-state index in [1.807, 2.05) is 0 Å². The van der Waals surface area contributed by atoms with Gasteiger partial charge in [0.1, 0.15) is 0 Å². The Morgan fingerprint density at radius 2 is 1.11 bits per heavy atom. The number of ketones is 1. The largest absolute Gasteiger partial charge is 0.327 e. The second-order valence-corrected chi connectivity index (χ2v) is 12.7. The summed E-state index contributed by atoms with van der Waals surface area (Å²) in [5, 5.41) is 0. The molecule has 0 aliphatic rings. The molecule has 0 N–H and O–H groups in total. The fourth-order valence-corrected chi connectivity index (χ4v) is 8.64. The molecule has 1 atom stereocenters. The lowest BCUT2D eigenvalue weighted by Crippen LogP contribution is -2.47. The maximum atomic E-state index is 17.4. The van der Waals surface area contributed by atoms with Gasteiger partial charge in [0, 0.05) is 11.1 Å². The summed E-state index contributed by atoms with van der Waals surface area (Å²) in [5.74, 6) is -2.25. The lowest BCUT2D eigenvalue weighted by molar-refractivity contribution is 0.103. The topological polar surface area (TPSA) is 85.3 Å². The number of hydrogen-bond donors (Lipinski definition) is 0. The molecular weight excluding hydrogens is 511 g/mol. The van der Waals surface area contributed by atoms with Crippen LogP contribution in [0.2, 0.25) is 0 Å². The quantitative estimate of drug-likeness (QED) is 0.201. The number of halogens is 1. The van der Waals surface area contributed by atoms with Gasteiger partial charge >= 0.3 is 4.33 Å². The maximum absolute atomic E-state index is 17.4. The summed E-state index contributed by atoms with van der Waals surface area (Å²) >= 11 is 0. The number of allylic oxidation sites excluding steroid dienone is 1. The van der Waals surface area contributed by atoms with E-state index in [2.05, 4.69) is 6.58 Å². The molecule has 0 fully saturated rings. The molecule has 5 nitrogen and oxygen atoms in total. The van der Waals surface area contributed by atoms with Crippen molar-refractivity contribution in [2.24, 2.45) is 0 Å². The van der Waals surface area contributed by atoms with E-state index in [1.165, 1.54) is 60.7 Å². The zero-order valence-electron chi connectivity index (χ0n) is 19.6. The Hall–Kier alpha value is -3.88. The molecule has 37 heavy (non-hydrogen) atoms. The molecule has 0 aliphatic carbocycles. The van der Waals surface area contributed by atoms with Gasteiger partial charge in [-0.15, -0.1) is 6.58 Å². The van der Waals surface area contributed by atoms with Crippen LogP contribution in [0.4, 0.5) is 4.39 Å². The summed E-state index contributed by atoms with van der Waals surface area (Å²) in [5.41, 5.74) is 0.487. The molecule has 1 unspecified atom stereocenters. The van der Waals surface area contributed by atoms with Gasteiger partial charge in [-0.1, -0.05) is 91.0 Å². The lowest BCUT2D eigenvalue weighted by atomic mass is 9.95. The van der Waals surface area contributed by atoms with Crippen molar-refractivity contribution in [3.05, 3.63) is 145 Å². The van der Waals surface area contributed by atoms with Crippen LogP contribution in [0.25, 0.3) is 0 Å². The van der Waals surface area contributed by atoms with Gasteiger partial charge in [0.2, 0.25) is 19.7 Å². The third-order valence-corrected chi connectivity index (χ3v) is 11.1. The number of benzene rings is 4. The van der Waals surface area contributed by atoms with E-state index >= 15 is 4.39 Å². The van der Waals surface area contributed by atoms with Gasteiger partial charge < -0.3 is 0 Å². The van der Waals surface area contributed by atoms with Gasteiger partial charge in [-0.2, -0.15) is 0 Å². The molecule has 0 bridgehead atoms. The Kier molecular flexibility index (Phi) is 7.25. The molecule has 0 aliphatic heterocycles. The van der Waals surface area contributed by atoms with Crippen molar-refractivity contribution in [1.82, 2.24) is 0 Å². The Bertz CT molecular complexity index is 1570. The monoisotopic (exact) mass is 534 g/mol. The van der Waals surface area contributed by atoms with Crippen LogP contribution in [0.3, 0.4) is 0 Å². The van der Waals surface area contributed by atoms with Gasteiger partial charge in [-0.25, -0.2) is 21.2 Å². The van der Waals surface area contributed by atoms with E-state index in [9.17, 15) is 21.6 Å². The minimum Gasteiger partial charge on any atom is -0.289 e. The van der Waals surface area contributed by atoms with E-state index in [0.717, 1.165) is 30.3 Å². The zero-order valence-corrected chi connectivity index (χ0v) is 21.2. The zero-order chi connectivity index (χ0) is 26.7. The van der Waals surface area contributed by atoms with Crippen LogP contribution in [-0.2, 0) is 19.7 Å². The number of carbonyl (C=O) groups excluding carboxylic acids is 1. The first-order chi connectivity index (χ1) is 17.6. The average molecular weight is 535 g/mol. The van der Waals surface area contributed by atoms with Crippen LogP contribution in [-0.4, -0.2) is 27.0 Å². The Morgan fingerprint density at radius 3 is 1.57 bits per heavy atom. The molecule has 4 aromatic rings. The Balaban J connectivity index is 1.95. The van der Waals surface area contributed by atoms with Crippen LogP contribution in [0.15, 0.2) is 138 Å². The van der Waals surface area contributed by atoms with E-state index in [4.69, 9.17) is 0 Å². The fourth-order valence-electron chi connectivity index (χ4n) is 4.10. The highest BCUT2D eigenvalue weighted by molar-refractivity contribution is 8.10. The third kappa shape index (κ3) is 4.54. The van der Waals surface area contributed by atoms with Gasteiger partial charge in [0.15, 0.2) is 5.78 Å². The van der Waals surface area contributed by atoms with Crippen molar-refractivity contribution < 1.29 is 26.0 Å².